The van der Waals surface area contributed by atoms with E-state index in [-0.39, 0.29) is 18.4 Å². The van der Waals surface area contributed by atoms with Crippen LogP contribution in [0.25, 0.3) is 11.3 Å². The van der Waals surface area contributed by atoms with E-state index >= 15 is 0 Å². The molecule has 1 heterocycles. The number of aromatic nitrogens is 1. The van der Waals surface area contributed by atoms with Crippen molar-refractivity contribution in [2.45, 2.75) is 6.92 Å². The number of nitrogens with zero attached hydrogens (tertiary/aromatic N) is 2. The maximum absolute atomic E-state index is 12.7. The highest BCUT2D eigenvalue weighted by atomic mass is 127. The van der Waals surface area contributed by atoms with Gasteiger partial charge in [0.25, 0.3) is 11.8 Å². The Balaban J connectivity index is 1.15. The van der Waals surface area contributed by atoms with Crippen LogP contribution in [0, 0.1) is 10.5 Å². The normalized spacial score (nSPS) is 10.8. The SMILES string of the molecule is COc1cc(/C=N\NC(=O)c2ccc(-c3csc(Nc4ccc(Cl)cc4)n3)cc2)cc(I)c1OCC(=O)Nc1cccc(C)c1. The number of halogens is 2. The van der Waals surface area contributed by atoms with Crippen LogP contribution in [-0.4, -0.2) is 36.7 Å². The predicted molar refractivity (Wildman–Crippen MR) is 188 cm³/mol. The first-order chi connectivity index (χ1) is 21.8. The number of amides is 2. The summed E-state index contributed by atoms with van der Waals surface area (Å²) in [5.74, 6) is 0.221. The Morgan fingerprint density at radius 2 is 1.80 bits per heavy atom. The summed E-state index contributed by atoms with van der Waals surface area (Å²) in [6.45, 7) is 1.77. The second-order valence-corrected chi connectivity index (χ2v) is 12.1. The molecule has 4 aromatic carbocycles. The number of anilines is 3. The van der Waals surface area contributed by atoms with Crippen LogP contribution in [0.3, 0.4) is 0 Å². The van der Waals surface area contributed by atoms with Gasteiger partial charge in [0.15, 0.2) is 23.2 Å². The summed E-state index contributed by atoms with van der Waals surface area (Å²) in [4.78, 5) is 29.8. The van der Waals surface area contributed by atoms with E-state index in [1.807, 2.05) is 79.0 Å². The minimum Gasteiger partial charge on any atom is -0.493 e. The van der Waals surface area contributed by atoms with Crippen molar-refractivity contribution in [1.82, 2.24) is 10.4 Å². The summed E-state index contributed by atoms with van der Waals surface area (Å²) in [5.41, 5.74) is 7.99. The molecule has 9 nitrogen and oxygen atoms in total. The van der Waals surface area contributed by atoms with Crippen molar-refractivity contribution in [2.75, 3.05) is 24.4 Å². The fourth-order valence-corrected chi connectivity index (χ4v) is 5.80. The third-order valence-electron chi connectivity index (χ3n) is 6.32. The molecule has 1 aromatic heterocycles. The topological polar surface area (TPSA) is 114 Å². The van der Waals surface area contributed by atoms with Gasteiger partial charge in [0.05, 0.1) is 22.6 Å². The highest BCUT2D eigenvalue weighted by Crippen LogP contribution is 2.34. The molecule has 0 unspecified atom stereocenters. The van der Waals surface area contributed by atoms with Gasteiger partial charge in [-0.3, -0.25) is 9.59 Å². The molecule has 0 spiro atoms. The van der Waals surface area contributed by atoms with Crippen LogP contribution in [0.1, 0.15) is 21.5 Å². The van der Waals surface area contributed by atoms with Gasteiger partial charge >= 0.3 is 0 Å². The predicted octanol–water partition coefficient (Wildman–Crippen LogP) is 7.91. The number of rotatable bonds is 11. The maximum atomic E-state index is 12.7. The number of thiazole rings is 1. The quantitative estimate of drug-likeness (QED) is 0.0719. The average Bonchev–Trinajstić information content (AvgIpc) is 3.50. The largest absolute Gasteiger partial charge is 0.493 e. The zero-order valence-corrected chi connectivity index (χ0v) is 27.9. The van der Waals surface area contributed by atoms with Crippen molar-refractivity contribution < 1.29 is 19.1 Å². The van der Waals surface area contributed by atoms with E-state index in [9.17, 15) is 9.59 Å². The number of ether oxygens (including phenoxy) is 2. The number of nitrogens with one attached hydrogen (secondary N) is 3. The van der Waals surface area contributed by atoms with Gasteiger partial charge in [-0.15, -0.1) is 11.3 Å². The van der Waals surface area contributed by atoms with Crippen LogP contribution >= 0.6 is 45.5 Å². The molecule has 228 valence electrons. The summed E-state index contributed by atoms with van der Waals surface area (Å²) in [7, 11) is 1.51. The first-order valence-electron chi connectivity index (χ1n) is 13.6. The number of hydrazone groups is 1. The average molecular weight is 752 g/mol. The Hall–Kier alpha value is -4.46. The Kier molecular flexibility index (Phi) is 10.7. The maximum Gasteiger partial charge on any atom is 0.271 e. The lowest BCUT2D eigenvalue weighted by atomic mass is 10.1. The van der Waals surface area contributed by atoms with Crippen molar-refractivity contribution in [3.63, 3.8) is 0 Å². The van der Waals surface area contributed by atoms with E-state index in [1.54, 1.807) is 18.2 Å². The van der Waals surface area contributed by atoms with Crippen LogP contribution in [0.15, 0.2) is 95.4 Å². The summed E-state index contributed by atoms with van der Waals surface area (Å²) >= 11 is 9.54. The summed E-state index contributed by atoms with van der Waals surface area (Å²) in [6.07, 6.45) is 1.51. The fraction of sp³-hybridized carbons (Fsp3) is 0.0909. The molecule has 0 saturated carbocycles. The first kappa shape index (κ1) is 31.9. The molecule has 0 atom stereocenters. The van der Waals surface area contributed by atoms with E-state index in [0.717, 1.165) is 27.6 Å². The third-order valence-corrected chi connectivity index (χ3v) is 8.13. The van der Waals surface area contributed by atoms with Gasteiger partial charge < -0.3 is 20.1 Å². The van der Waals surface area contributed by atoms with Gasteiger partial charge in [0, 0.05) is 32.9 Å². The van der Waals surface area contributed by atoms with Gasteiger partial charge in [0.1, 0.15) is 0 Å². The molecule has 3 N–H and O–H groups in total. The first-order valence-corrected chi connectivity index (χ1v) is 15.9. The molecular weight excluding hydrogens is 725 g/mol. The molecule has 0 aliphatic rings. The summed E-state index contributed by atoms with van der Waals surface area (Å²) in [6, 6.07) is 25.6. The smallest absolute Gasteiger partial charge is 0.271 e. The van der Waals surface area contributed by atoms with E-state index < -0.39 is 0 Å². The molecular formula is C33H27ClIN5O4S. The van der Waals surface area contributed by atoms with Gasteiger partial charge in [-0.25, -0.2) is 10.4 Å². The van der Waals surface area contributed by atoms with Gasteiger partial charge in [-0.2, -0.15) is 5.10 Å². The van der Waals surface area contributed by atoms with E-state index in [0.29, 0.717) is 36.9 Å². The Morgan fingerprint density at radius 1 is 1.02 bits per heavy atom. The van der Waals surface area contributed by atoms with Crippen molar-refractivity contribution in [3.8, 4) is 22.8 Å². The lowest BCUT2D eigenvalue weighted by Crippen LogP contribution is -2.20. The van der Waals surface area contributed by atoms with Gasteiger partial charge in [-0.1, -0.05) is 35.9 Å². The van der Waals surface area contributed by atoms with Crippen molar-refractivity contribution in [2.24, 2.45) is 5.10 Å². The lowest BCUT2D eigenvalue weighted by molar-refractivity contribution is -0.118. The van der Waals surface area contributed by atoms with Gasteiger partial charge in [0.2, 0.25) is 0 Å². The number of carbonyl (C=O) groups is 2. The van der Waals surface area contributed by atoms with Crippen LogP contribution in [0.5, 0.6) is 11.5 Å². The van der Waals surface area contributed by atoms with E-state index in [2.05, 4.69) is 48.7 Å². The minimum atomic E-state index is -0.359. The number of hydrogen-bond acceptors (Lipinski definition) is 8. The molecule has 5 rings (SSSR count). The van der Waals surface area contributed by atoms with Crippen LogP contribution in [0.2, 0.25) is 5.02 Å². The van der Waals surface area contributed by atoms with Crippen LogP contribution in [0.4, 0.5) is 16.5 Å². The van der Waals surface area contributed by atoms with Crippen molar-refractivity contribution >= 4 is 80.1 Å². The van der Waals surface area contributed by atoms with E-state index in [4.69, 9.17) is 21.1 Å². The fourth-order valence-electron chi connectivity index (χ4n) is 4.15. The number of methoxy groups -OCH3 is 1. The Morgan fingerprint density at radius 3 is 2.53 bits per heavy atom. The monoisotopic (exact) mass is 751 g/mol. The molecule has 5 aromatic rings. The molecule has 0 aliphatic heterocycles. The number of aryl methyl sites for hydroxylation is 1. The second kappa shape index (κ2) is 15.0. The molecule has 0 bridgehead atoms. The molecule has 2 amide bonds. The highest BCUT2D eigenvalue weighted by molar-refractivity contribution is 14.1. The lowest BCUT2D eigenvalue weighted by Gasteiger charge is -2.13. The number of carbonyl (C=O) groups excluding carboxylic acids is 2. The number of hydrogen-bond donors (Lipinski definition) is 3. The Bertz CT molecular complexity index is 1850. The molecule has 12 heteroatoms. The molecule has 0 fully saturated rings. The zero-order valence-electron chi connectivity index (χ0n) is 24.1. The molecule has 0 aliphatic carbocycles. The number of benzene rings is 4. The summed E-state index contributed by atoms with van der Waals surface area (Å²) < 4.78 is 12.0. The minimum absolute atomic E-state index is 0.188. The van der Waals surface area contributed by atoms with Crippen molar-refractivity contribution in [1.29, 1.82) is 0 Å². The molecule has 0 saturated heterocycles. The highest BCUT2D eigenvalue weighted by Gasteiger charge is 2.14. The third kappa shape index (κ3) is 8.81. The molecule has 0 radical (unpaired) electrons. The van der Waals surface area contributed by atoms with Crippen molar-refractivity contribution in [3.05, 3.63) is 116 Å². The Labute approximate surface area is 282 Å². The zero-order chi connectivity index (χ0) is 31.8. The van der Waals surface area contributed by atoms with Crippen LogP contribution < -0.4 is 25.5 Å². The van der Waals surface area contributed by atoms with E-state index in [1.165, 1.54) is 24.7 Å². The van der Waals surface area contributed by atoms with Crippen LogP contribution in [-0.2, 0) is 4.79 Å². The molecule has 45 heavy (non-hydrogen) atoms. The standard InChI is InChI=1S/C33H27ClIN5O4S/c1-20-4-3-5-26(14-20)37-30(41)18-44-31-27(35)15-21(16-29(31)43-2)17-36-40-32(42)23-8-6-22(7-9-23)28-19-45-33(39-28)38-25-12-10-24(34)11-13-25/h3-17,19H,18H2,1-2H3,(H,37,41)(H,38,39)(H,40,42)/b36-17-. The second-order valence-electron chi connectivity index (χ2n) is 9.69. The summed E-state index contributed by atoms with van der Waals surface area (Å²) in [5, 5.41) is 13.5. The van der Waals surface area contributed by atoms with Gasteiger partial charge in [-0.05, 0) is 101 Å².